The van der Waals surface area contributed by atoms with E-state index in [-0.39, 0.29) is 13.2 Å². The van der Waals surface area contributed by atoms with E-state index in [0.717, 1.165) is 34.4 Å². The van der Waals surface area contributed by atoms with Crippen LogP contribution in [-0.4, -0.2) is 66.3 Å². The Balaban J connectivity index is 1.96. The lowest BCUT2D eigenvalue weighted by molar-refractivity contribution is 0.165. The van der Waals surface area contributed by atoms with Crippen LogP contribution in [0, 0.1) is 13.8 Å². The molecule has 0 spiro atoms. The Kier molecular flexibility index (Phi) is 5.30. The molecule has 0 saturated heterocycles. The van der Waals surface area contributed by atoms with Gasteiger partial charge in [0.1, 0.15) is 11.6 Å². The van der Waals surface area contributed by atoms with Crippen molar-refractivity contribution in [3.63, 3.8) is 0 Å². The molecule has 0 saturated carbocycles. The number of β-amino-alcohol motifs (C(OH)–C–C–N with tert-alkyl or cyclic N) is 2. The van der Waals surface area contributed by atoms with Crippen molar-refractivity contribution in [1.82, 2.24) is 29.7 Å². The molecule has 0 atom stereocenters. The summed E-state index contributed by atoms with van der Waals surface area (Å²) in [4.78, 5) is 20.3. The topological polar surface area (TPSA) is 104 Å². The van der Waals surface area contributed by atoms with Crippen LogP contribution in [0.2, 0.25) is 0 Å². The van der Waals surface area contributed by atoms with Crippen molar-refractivity contribution < 1.29 is 10.2 Å². The fourth-order valence-electron chi connectivity index (χ4n) is 3.28. The van der Waals surface area contributed by atoms with Gasteiger partial charge in [-0.3, -0.25) is 9.80 Å². The van der Waals surface area contributed by atoms with Crippen LogP contribution >= 0.6 is 0 Å². The fraction of sp³-hybridized carbons (Fsp3) is 0.625. The van der Waals surface area contributed by atoms with Crippen LogP contribution in [-0.2, 0) is 26.2 Å². The number of aromatic nitrogens is 4. The standard InChI is InChI=1S/C16H26N6O2/c1-11-17-13-7-21(3-5-23)9-15-16(20-12(2)19-15)10-22(4-6-24)8-14(13)18-11/h23-24H,3-10H2,1-2H3,(H,17,18)(H,19,20). The zero-order valence-electron chi connectivity index (χ0n) is 14.3. The quantitative estimate of drug-likeness (QED) is 0.630. The number of aliphatic hydroxyl groups excluding tert-OH is 2. The third-order valence-electron chi connectivity index (χ3n) is 4.31. The Bertz CT molecular complexity index is 575. The average Bonchev–Trinajstić information content (AvgIpc) is 3.02. The first-order valence-corrected chi connectivity index (χ1v) is 8.34. The number of aryl methyl sites for hydroxylation is 2. The van der Waals surface area contributed by atoms with Crippen LogP contribution in [0.1, 0.15) is 34.4 Å². The maximum absolute atomic E-state index is 9.40. The Hall–Kier alpha value is -1.74. The second-order valence-corrected chi connectivity index (χ2v) is 6.36. The van der Waals surface area contributed by atoms with Crippen molar-refractivity contribution in [2.45, 2.75) is 40.0 Å². The van der Waals surface area contributed by atoms with Crippen LogP contribution in [0.25, 0.3) is 0 Å². The van der Waals surface area contributed by atoms with Gasteiger partial charge in [0.25, 0.3) is 0 Å². The molecular weight excluding hydrogens is 308 g/mol. The summed E-state index contributed by atoms with van der Waals surface area (Å²) in [6.45, 7) is 8.02. The number of hydrogen-bond donors (Lipinski definition) is 4. The lowest BCUT2D eigenvalue weighted by Gasteiger charge is -2.26. The molecule has 0 fully saturated rings. The summed E-state index contributed by atoms with van der Waals surface area (Å²) in [5.74, 6) is 1.78. The average molecular weight is 334 g/mol. The van der Waals surface area contributed by atoms with E-state index < -0.39 is 0 Å². The van der Waals surface area contributed by atoms with Gasteiger partial charge in [0.15, 0.2) is 0 Å². The molecule has 0 unspecified atom stereocenters. The number of hydrogen-bond acceptors (Lipinski definition) is 6. The van der Waals surface area contributed by atoms with Gasteiger partial charge in [0.05, 0.1) is 36.0 Å². The Morgan fingerprint density at radius 2 is 1.21 bits per heavy atom. The molecule has 0 amide bonds. The first kappa shape index (κ1) is 17.1. The van der Waals surface area contributed by atoms with E-state index in [1.165, 1.54) is 0 Å². The predicted molar refractivity (Wildman–Crippen MR) is 89.0 cm³/mol. The number of rotatable bonds is 4. The lowest BCUT2D eigenvalue weighted by Crippen LogP contribution is -2.32. The predicted octanol–water partition coefficient (Wildman–Crippen LogP) is 0.0520. The summed E-state index contributed by atoms with van der Waals surface area (Å²) in [6.07, 6.45) is 0. The summed E-state index contributed by atoms with van der Waals surface area (Å²) in [5, 5.41) is 18.8. The number of nitrogens with one attached hydrogen (secondary N) is 2. The Morgan fingerprint density at radius 1 is 0.792 bits per heavy atom. The minimum absolute atomic E-state index is 0.105. The van der Waals surface area contributed by atoms with Crippen LogP contribution in [0.5, 0.6) is 0 Å². The zero-order valence-corrected chi connectivity index (χ0v) is 14.3. The maximum atomic E-state index is 9.40. The summed E-state index contributed by atoms with van der Waals surface area (Å²) in [5.41, 5.74) is 4.14. The second kappa shape index (κ2) is 7.43. The first-order chi connectivity index (χ1) is 11.6. The molecule has 0 aromatic carbocycles. The third-order valence-corrected chi connectivity index (χ3v) is 4.31. The highest BCUT2D eigenvalue weighted by Crippen LogP contribution is 2.20. The molecule has 2 aromatic rings. The van der Waals surface area contributed by atoms with Gasteiger partial charge in [-0.15, -0.1) is 0 Å². The monoisotopic (exact) mass is 334 g/mol. The highest BCUT2D eigenvalue weighted by molar-refractivity contribution is 5.19. The van der Waals surface area contributed by atoms with E-state index >= 15 is 0 Å². The molecule has 0 radical (unpaired) electrons. The molecule has 8 heteroatoms. The molecule has 24 heavy (non-hydrogen) atoms. The number of nitrogens with zero attached hydrogens (tertiary/aromatic N) is 4. The van der Waals surface area contributed by atoms with Crippen molar-refractivity contribution in [2.24, 2.45) is 0 Å². The van der Waals surface area contributed by atoms with E-state index in [4.69, 9.17) is 0 Å². The molecule has 2 aromatic heterocycles. The number of imidazole rings is 2. The van der Waals surface area contributed by atoms with E-state index in [1.54, 1.807) is 0 Å². The van der Waals surface area contributed by atoms with E-state index in [1.807, 2.05) is 13.8 Å². The Labute approximate surface area is 141 Å². The molecule has 8 nitrogen and oxygen atoms in total. The Morgan fingerprint density at radius 3 is 1.62 bits per heavy atom. The zero-order chi connectivity index (χ0) is 17.1. The minimum Gasteiger partial charge on any atom is -0.395 e. The summed E-state index contributed by atoms with van der Waals surface area (Å²) >= 11 is 0. The number of aliphatic hydroxyl groups is 2. The molecule has 3 rings (SSSR count). The highest BCUT2D eigenvalue weighted by Gasteiger charge is 2.22. The normalized spacial score (nSPS) is 16.8. The summed E-state index contributed by atoms with van der Waals surface area (Å²) < 4.78 is 0. The van der Waals surface area contributed by atoms with Gasteiger partial charge in [0.2, 0.25) is 0 Å². The maximum Gasteiger partial charge on any atom is 0.103 e. The van der Waals surface area contributed by atoms with Crippen molar-refractivity contribution in [1.29, 1.82) is 0 Å². The molecule has 132 valence electrons. The van der Waals surface area contributed by atoms with Crippen LogP contribution in [0.3, 0.4) is 0 Å². The lowest BCUT2D eigenvalue weighted by atomic mass is 10.2. The largest absolute Gasteiger partial charge is 0.395 e. The van der Waals surface area contributed by atoms with Crippen LogP contribution < -0.4 is 0 Å². The van der Waals surface area contributed by atoms with Crippen LogP contribution in [0.4, 0.5) is 0 Å². The van der Waals surface area contributed by atoms with Gasteiger partial charge < -0.3 is 20.2 Å². The highest BCUT2D eigenvalue weighted by atomic mass is 16.3. The number of aromatic amines is 2. The summed E-state index contributed by atoms with van der Waals surface area (Å²) in [7, 11) is 0. The molecule has 0 bridgehead atoms. The number of fused-ring (bicyclic) bond motifs is 2. The smallest absolute Gasteiger partial charge is 0.103 e. The fourth-order valence-corrected chi connectivity index (χ4v) is 3.28. The molecule has 1 aliphatic rings. The van der Waals surface area contributed by atoms with Gasteiger partial charge >= 0.3 is 0 Å². The second-order valence-electron chi connectivity index (χ2n) is 6.36. The van der Waals surface area contributed by atoms with Crippen LogP contribution in [0.15, 0.2) is 0 Å². The van der Waals surface area contributed by atoms with Crippen molar-refractivity contribution >= 4 is 0 Å². The first-order valence-electron chi connectivity index (χ1n) is 8.34. The molecular formula is C16H26N6O2. The van der Waals surface area contributed by atoms with E-state index in [9.17, 15) is 10.2 Å². The molecule has 1 aliphatic heterocycles. The van der Waals surface area contributed by atoms with Gasteiger partial charge in [-0.05, 0) is 13.8 Å². The summed E-state index contributed by atoms with van der Waals surface area (Å²) in [6, 6.07) is 0. The molecule has 4 N–H and O–H groups in total. The SMILES string of the molecule is Cc1nc2c([nH]1)CN(CCO)Cc1[nH]c(C)nc1CN(CCO)C2. The third kappa shape index (κ3) is 3.84. The molecule has 0 aliphatic carbocycles. The minimum atomic E-state index is 0.105. The van der Waals surface area contributed by atoms with Gasteiger partial charge in [-0.25, -0.2) is 9.97 Å². The van der Waals surface area contributed by atoms with E-state index in [2.05, 4.69) is 29.7 Å². The van der Waals surface area contributed by atoms with E-state index in [0.29, 0.717) is 39.3 Å². The van der Waals surface area contributed by atoms with Crippen molar-refractivity contribution in [3.05, 3.63) is 34.4 Å². The van der Waals surface area contributed by atoms with Gasteiger partial charge in [0, 0.05) is 39.3 Å². The van der Waals surface area contributed by atoms with Gasteiger partial charge in [-0.1, -0.05) is 0 Å². The van der Waals surface area contributed by atoms with Crippen molar-refractivity contribution in [3.8, 4) is 0 Å². The molecule has 3 heterocycles. The van der Waals surface area contributed by atoms with Gasteiger partial charge in [-0.2, -0.15) is 0 Å². The number of H-pyrrole nitrogens is 2. The van der Waals surface area contributed by atoms with Crippen molar-refractivity contribution in [2.75, 3.05) is 26.3 Å².